The van der Waals surface area contributed by atoms with Gasteiger partial charge in [-0.2, -0.15) is 0 Å². The first-order valence-corrected chi connectivity index (χ1v) is 6.25. The molecule has 2 heterocycles. The van der Waals surface area contributed by atoms with Crippen molar-refractivity contribution in [3.8, 4) is 0 Å². The van der Waals surface area contributed by atoms with Crippen LogP contribution in [0.1, 0.15) is 24.0 Å². The van der Waals surface area contributed by atoms with Crippen LogP contribution in [0.25, 0.3) is 0 Å². The highest BCUT2D eigenvalue weighted by molar-refractivity contribution is 5.20. The molecule has 0 aromatic carbocycles. The van der Waals surface area contributed by atoms with E-state index in [1.807, 2.05) is 14.0 Å². The zero-order valence-corrected chi connectivity index (χ0v) is 11.0. The monoisotopic (exact) mass is 238 g/mol. The summed E-state index contributed by atoms with van der Waals surface area (Å²) in [4.78, 5) is 2.43. The van der Waals surface area contributed by atoms with Crippen LogP contribution < -0.4 is 5.32 Å². The zero-order valence-electron chi connectivity index (χ0n) is 11.0. The van der Waals surface area contributed by atoms with Gasteiger partial charge < -0.3 is 14.5 Å². The van der Waals surface area contributed by atoms with E-state index in [4.69, 9.17) is 9.15 Å². The first kappa shape index (κ1) is 12.6. The fraction of sp³-hybridized carbons (Fsp3) is 0.692. The summed E-state index contributed by atoms with van der Waals surface area (Å²) in [6.45, 7) is 8.77. The minimum absolute atomic E-state index is 0.340. The zero-order chi connectivity index (χ0) is 12.3. The van der Waals surface area contributed by atoms with Crippen molar-refractivity contribution in [2.24, 2.45) is 0 Å². The Hall–Kier alpha value is -0.840. The van der Waals surface area contributed by atoms with Crippen molar-refractivity contribution < 1.29 is 9.15 Å². The lowest BCUT2D eigenvalue weighted by Gasteiger charge is -2.30. The fourth-order valence-corrected chi connectivity index (χ4v) is 2.28. The molecule has 1 aromatic heterocycles. The van der Waals surface area contributed by atoms with Crippen molar-refractivity contribution in [1.82, 2.24) is 10.2 Å². The van der Waals surface area contributed by atoms with Crippen molar-refractivity contribution in [3.63, 3.8) is 0 Å². The number of rotatable bonds is 4. The molecule has 0 amide bonds. The predicted molar refractivity (Wildman–Crippen MR) is 66.9 cm³/mol. The maximum atomic E-state index is 5.70. The topological polar surface area (TPSA) is 37.6 Å². The molecule has 1 aliphatic rings. The molecular formula is C13H22N2O2. The standard InChI is InChI=1S/C13H22N2O2/c1-10-8-15(4-5-16-10)9-12-6-13(7-14-3)17-11(12)2/h6,10,14H,4-5,7-9H2,1-3H3. The van der Waals surface area contributed by atoms with Gasteiger partial charge in [-0.15, -0.1) is 0 Å². The Bertz CT molecular complexity index is 362. The number of furan rings is 1. The van der Waals surface area contributed by atoms with E-state index in [9.17, 15) is 0 Å². The number of ether oxygens (including phenoxy) is 1. The van der Waals surface area contributed by atoms with Crippen LogP contribution in [0.4, 0.5) is 0 Å². The van der Waals surface area contributed by atoms with Crippen LogP contribution in [0, 0.1) is 6.92 Å². The first-order chi connectivity index (χ1) is 8.19. The number of nitrogens with one attached hydrogen (secondary N) is 1. The molecule has 0 bridgehead atoms. The van der Waals surface area contributed by atoms with E-state index in [2.05, 4.69) is 23.2 Å². The molecular weight excluding hydrogens is 216 g/mol. The maximum Gasteiger partial charge on any atom is 0.118 e. The molecule has 0 radical (unpaired) electrons. The second-order valence-electron chi connectivity index (χ2n) is 4.74. The first-order valence-electron chi connectivity index (χ1n) is 6.25. The third kappa shape index (κ3) is 3.31. The van der Waals surface area contributed by atoms with E-state index < -0.39 is 0 Å². The number of morpholine rings is 1. The van der Waals surface area contributed by atoms with E-state index in [-0.39, 0.29) is 0 Å². The third-order valence-electron chi connectivity index (χ3n) is 3.14. The highest BCUT2D eigenvalue weighted by Crippen LogP contribution is 2.18. The minimum Gasteiger partial charge on any atom is -0.465 e. The van der Waals surface area contributed by atoms with Crippen molar-refractivity contribution in [2.75, 3.05) is 26.7 Å². The smallest absolute Gasteiger partial charge is 0.118 e. The van der Waals surface area contributed by atoms with E-state index in [1.54, 1.807) is 0 Å². The second kappa shape index (κ2) is 5.67. The largest absolute Gasteiger partial charge is 0.465 e. The Morgan fingerprint density at radius 2 is 2.35 bits per heavy atom. The van der Waals surface area contributed by atoms with E-state index >= 15 is 0 Å². The van der Waals surface area contributed by atoms with Crippen molar-refractivity contribution in [1.29, 1.82) is 0 Å². The summed E-state index contributed by atoms with van der Waals surface area (Å²) < 4.78 is 11.2. The van der Waals surface area contributed by atoms with Crippen LogP contribution in [0.5, 0.6) is 0 Å². The van der Waals surface area contributed by atoms with Crippen LogP contribution in [0.3, 0.4) is 0 Å². The Morgan fingerprint density at radius 1 is 1.53 bits per heavy atom. The van der Waals surface area contributed by atoms with Gasteiger partial charge >= 0.3 is 0 Å². The fourth-order valence-electron chi connectivity index (χ4n) is 2.28. The number of aryl methyl sites for hydroxylation is 1. The van der Waals surface area contributed by atoms with Gasteiger partial charge in [0.25, 0.3) is 0 Å². The molecule has 4 nitrogen and oxygen atoms in total. The summed E-state index contributed by atoms with van der Waals surface area (Å²) in [6.07, 6.45) is 0.340. The summed E-state index contributed by atoms with van der Waals surface area (Å²) in [5.41, 5.74) is 1.30. The molecule has 1 saturated heterocycles. The molecule has 1 unspecified atom stereocenters. The lowest BCUT2D eigenvalue weighted by Crippen LogP contribution is -2.40. The van der Waals surface area contributed by atoms with Crippen molar-refractivity contribution in [3.05, 3.63) is 23.2 Å². The summed E-state index contributed by atoms with van der Waals surface area (Å²) in [7, 11) is 1.93. The molecule has 0 spiro atoms. The Morgan fingerprint density at radius 3 is 3.06 bits per heavy atom. The van der Waals surface area contributed by atoms with Crippen molar-refractivity contribution in [2.45, 2.75) is 33.0 Å². The Balaban J connectivity index is 1.97. The Kier molecular flexibility index (Phi) is 4.20. The average molecular weight is 238 g/mol. The number of hydrogen-bond donors (Lipinski definition) is 1. The lowest BCUT2D eigenvalue weighted by atomic mass is 10.2. The molecule has 0 aliphatic carbocycles. The summed E-state index contributed by atoms with van der Waals surface area (Å²) >= 11 is 0. The van der Waals surface area contributed by atoms with Gasteiger partial charge in [-0.1, -0.05) is 0 Å². The molecule has 1 N–H and O–H groups in total. The highest BCUT2D eigenvalue weighted by atomic mass is 16.5. The van der Waals surface area contributed by atoms with Gasteiger partial charge in [0.1, 0.15) is 11.5 Å². The molecule has 2 rings (SSSR count). The number of nitrogens with zero attached hydrogens (tertiary/aromatic N) is 1. The molecule has 4 heteroatoms. The molecule has 1 aromatic rings. The van der Waals surface area contributed by atoms with Gasteiger partial charge in [0.15, 0.2) is 0 Å². The molecule has 1 fully saturated rings. The third-order valence-corrected chi connectivity index (χ3v) is 3.14. The summed E-state index contributed by atoms with van der Waals surface area (Å²) in [6, 6.07) is 2.16. The van der Waals surface area contributed by atoms with Crippen LogP contribution in [0.2, 0.25) is 0 Å². The van der Waals surface area contributed by atoms with Crippen LogP contribution in [-0.2, 0) is 17.8 Å². The van der Waals surface area contributed by atoms with Gasteiger partial charge in [-0.25, -0.2) is 0 Å². The quantitative estimate of drug-likeness (QED) is 0.863. The van der Waals surface area contributed by atoms with Gasteiger partial charge in [0, 0.05) is 25.2 Å². The molecule has 0 saturated carbocycles. The van der Waals surface area contributed by atoms with Gasteiger partial charge in [0.2, 0.25) is 0 Å². The predicted octanol–water partition coefficient (Wildman–Crippen LogP) is 1.53. The van der Waals surface area contributed by atoms with Crippen molar-refractivity contribution >= 4 is 0 Å². The van der Waals surface area contributed by atoms with Crippen LogP contribution >= 0.6 is 0 Å². The maximum absolute atomic E-state index is 5.70. The second-order valence-corrected chi connectivity index (χ2v) is 4.74. The molecule has 1 atom stereocenters. The van der Waals surface area contributed by atoms with Gasteiger partial charge in [-0.3, -0.25) is 4.90 Å². The molecule has 96 valence electrons. The van der Waals surface area contributed by atoms with Gasteiger partial charge in [0.05, 0.1) is 19.3 Å². The highest BCUT2D eigenvalue weighted by Gasteiger charge is 2.18. The average Bonchev–Trinajstić information content (AvgIpc) is 2.60. The molecule has 17 heavy (non-hydrogen) atoms. The normalized spacial score (nSPS) is 21.9. The SMILES string of the molecule is CNCc1cc(CN2CCOC(C)C2)c(C)o1. The van der Waals surface area contributed by atoms with Crippen LogP contribution in [0.15, 0.2) is 10.5 Å². The minimum atomic E-state index is 0.340. The van der Waals surface area contributed by atoms with Crippen LogP contribution in [-0.4, -0.2) is 37.7 Å². The van der Waals surface area contributed by atoms with Gasteiger partial charge in [-0.05, 0) is 27.0 Å². The summed E-state index contributed by atoms with van der Waals surface area (Å²) in [5.74, 6) is 2.05. The van der Waals surface area contributed by atoms with E-state index in [0.717, 1.165) is 44.3 Å². The summed E-state index contributed by atoms with van der Waals surface area (Å²) in [5, 5.41) is 3.11. The van der Waals surface area contributed by atoms with E-state index in [1.165, 1.54) is 5.56 Å². The van der Waals surface area contributed by atoms with E-state index in [0.29, 0.717) is 6.10 Å². The number of hydrogen-bond acceptors (Lipinski definition) is 4. The Labute approximate surface area is 103 Å². The lowest BCUT2D eigenvalue weighted by molar-refractivity contribution is -0.0213. The molecule has 1 aliphatic heterocycles.